The molecule has 4 rings (SSSR count). The number of hydrogen-bond donors (Lipinski definition) is 2. The quantitative estimate of drug-likeness (QED) is 0.531. The Kier molecular flexibility index (Phi) is 7.27. The van der Waals surface area contributed by atoms with Crippen LogP contribution in [0.4, 0.5) is 0 Å². The predicted molar refractivity (Wildman–Crippen MR) is 128 cm³/mol. The van der Waals surface area contributed by atoms with Crippen LogP contribution < -0.4 is 10.9 Å². The van der Waals surface area contributed by atoms with E-state index in [0.29, 0.717) is 49.8 Å². The standard InChI is InChI=1S/C24H33N5O6/c1-14(2)11-28-22-18(7-8-19(30)27-9-10-35-13-17(27)12-34-4)15(3)26-29(22)24(33)20(23(28)32)21(31)25-16-5-6-16/h7-8,14,16-17,33H,5-6,9-13H2,1-4H3,(H,25,31)/b8-7+/t17-/m1/s1. The smallest absolute Gasteiger partial charge is 0.270 e. The van der Waals surface area contributed by atoms with E-state index in [-0.39, 0.29) is 29.5 Å². The second-order valence-electron chi connectivity index (χ2n) is 9.54. The van der Waals surface area contributed by atoms with Gasteiger partial charge in [-0.15, -0.1) is 0 Å². The number of rotatable bonds is 8. The molecule has 2 aromatic rings. The van der Waals surface area contributed by atoms with Gasteiger partial charge in [0.1, 0.15) is 5.65 Å². The van der Waals surface area contributed by atoms with Crippen LogP contribution in [0.5, 0.6) is 5.88 Å². The van der Waals surface area contributed by atoms with Gasteiger partial charge in [-0.05, 0) is 31.8 Å². The first-order chi connectivity index (χ1) is 16.7. The summed E-state index contributed by atoms with van der Waals surface area (Å²) in [5, 5.41) is 18.1. The van der Waals surface area contributed by atoms with Gasteiger partial charge in [-0.2, -0.15) is 9.61 Å². The fourth-order valence-electron chi connectivity index (χ4n) is 4.31. The second-order valence-corrected chi connectivity index (χ2v) is 9.54. The molecule has 2 aromatic heterocycles. The molecule has 11 nitrogen and oxygen atoms in total. The van der Waals surface area contributed by atoms with Crippen molar-refractivity contribution in [3.8, 4) is 5.88 Å². The van der Waals surface area contributed by atoms with E-state index in [1.54, 1.807) is 25.0 Å². The molecule has 11 heteroatoms. The van der Waals surface area contributed by atoms with Crippen molar-refractivity contribution in [1.82, 2.24) is 24.4 Å². The van der Waals surface area contributed by atoms with Gasteiger partial charge in [0.15, 0.2) is 5.56 Å². The van der Waals surface area contributed by atoms with Crippen molar-refractivity contribution in [3.05, 3.63) is 33.3 Å². The van der Waals surface area contributed by atoms with Gasteiger partial charge in [0.25, 0.3) is 11.5 Å². The average Bonchev–Trinajstić information content (AvgIpc) is 3.56. The number of amides is 2. The van der Waals surface area contributed by atoms with Gasteiger partial charge in [0.2, 0.25) is 11.8 Å². The number of nitrogens with one attached hydrogen (secondary N) is 1. The van der Waals surface area contributed by atoms with Crippen LogP contribution >= 0.6 is 0 Å². The normalized spacial score (nSPS) is 18.7. The molecule has 1 aliphatic carbocycles. The number of nitrogens with zero attached hydrogens (tertiary/aromatic N) is 4. The number of hydrogen-bond acceptors (Lipinski definition) is 7. The molecule has 35 heavy (non-hydrogen) atoms. The van der Waals surface area contributed by atoms with Crippen LogP contribution in [0.2, 0.25) is 0 Å². The minimum Gasteiger partial charge on any atom is -0.492 e. The average molecular weight is 488 g/mol. The maximum atomic E-state index is 13.4. The van der Waals surface area contributed by atoms with E-state index >= 15 is 0 Å². The molecule has 1 aliphatic heterocycles. The fourth-order valence-corrected chi connectivity index (χ4v) is 4.31. The van der Waals surface area contributed by atoms with Gasteiger partial charge in [-0.1, -0.05) is 13.8 Å². The summed E-state index contributed by atoms with van der Waals surface area (Å²) < 4.78 is 13.4. The second kappa shape index (κ2) is 10.2. The van der Waals surface area contributed by atoms with Crippen LogP contribution in [0.1, 0.15) is 48.3 Å². The summed E-state index contributed by atoms with van der Waals surface area (Å²) in [6.45, 7) is 7.61. The third-order valence-corrected chi connectivity index (χ3v) is 6.17. The van der Waals surface area contributed by atoms with Crippen LogP contribution in [0.25, 0.3) is 11.7 Å². The molecule has 1 saturated heterocycles. The molecule has 190 valence electrons. The topological polar surface area (TPSA) is 127 Å². The van der Waals surface area contributed by atoms with E-state index < -0.39 is 17.3 Å². The van der Waals surface area contributed by atoms with E-state index in [4.69, 9.17) is 9.47 Å². The predicted octanol–water partition coefficient (Wildman–Crippen LogP) is 0.945. The highest BCUT2D eigenvalue weighted by molar-refractivity contribution is 5.97. The lowest BCUT2D eigenvalue weighted by molar-refractivity contribution is -0.136. The molecule has 0 aromatic carbocycles. The number of carbonyl (C=O) groups is 2. The molecule has 2 N–H and O–H groups in total. The zero-order chi connectivity index (χ0) is 25.3. The molecule has 2 amide bonds. The van der Waals surface area contributed by atoms with E-state index in [2.05, 4.69) is 10.4 Å². The van der Waals surface area contributed by atoms with Gasteiger partial charge in [-0.3, -0.25) is 19.0 Å². The summed E-state index contributed by atoms with van der Waals surface area (Å²) >= 11 is 0. The first-order valence-corrected chi connectivity index (χ1v) is 11.9. The number of morpholine rings is 1. The molecule has 2 fully saturated rings. The Morgan fingerprint density at radius 2 is 2.09 bits per heavy atom. The lowest BCUT2D eigenvalue weighted by Crippen LogP contribution is -2.50. The Hall–Kier alpha value is -3.18. The van der Waals surface area contributed by atoms with E-state index in [1.165, 1.54) is 15.2 Å². The van der Waals surface area contributed by atoms with Crippen molar-refractivity contribution in [2.45, 2.75) is 52.2 Å². The summed E-state index contributed by atoms with van der Waals surface area (Å²) in [7, 11) is 1.58. The zero-order valence-electron chi connectivity index (χ0n) is 20.6. The molecule has 1 saturated carbocycles. The third kappa shape index (κ3) is 5.10. The van der Waals surface area contributed by atoms with Crippen molar-refractivity contribution in [2.24, 2.45) is 5.92 Å². The van der Waals surface area contributed by atoms with Crippen molar-refractivity contribution in [2.75, 3.05) is 33.5 Å². The summed E-state index contributed by atoms with van der Waals surface area (Å²) in [5.41, 5.74) is 0.459. The molecule has 2 aliphatic rings. The van der Waals surface area contributed by atoms with Crippen LogP contribution in [0.15, 0.2) is 10.9 Å². The lowest BCUT2D eigenvalue weighted by atomic mass is 10.1. The zero-order valence-corrected chi connectivity index (χ0v) is 20.6. The Labute approximate surface area is 203 Å². The Morgan fingerprint density at radius 3 is 2.74 bits per heavy atom. The molecule has 0 unspecified atom stereocenters. The van der Waals surface area contributed by atoms with E-state index in [9.17, 15) is 19.5 Å². The minimum absolute atomic E-state index is 0.0292. The first-order valence-electron chi connectivity index (χ1n) is 11.9. The van der Waals surface area contributed by atoms with E-state index in [0.717, 1.165) is 12.8 Å². The number of carbonyl (C=O) groups excluding carboxylic acids is 2. The summed E-state index contributed by atoms with van der Waals surface area (Å²) in [6, 6.07) is -0.159. The van der Waals surface area contributed by atoms with Crippen LogP contribution in [0.3, 0.4) is 0 Å². The maximum Gasteiger partial charge on any atom is 0.270 e. The lowest BCUT2D eigenvalue weighted by Gasteiger charge is -2.34. The van der Waals surface area contributed by atoms with Crippen molar-refractivity contribution >= 4 is 23.5 Å². The summed E-state index contributed by atoms with van der Waals surface area (Å²) in [5.74, 6) is -1.24. The van der Waals surface area contributed by atoms with Gasteiger partial charge >= 0.3 is 0 Å². The van der Waals surface area contributed by atoms with Crippen molar-refractivity contribution in [1.29, 1.82) is 0 Å². The molecule has 0 radical (unpaired) electrons. The number of methoxy groups -OCH3 is 1. The number of aryl methyl sites for hydroxylation is 1. The van der Waals surface area contributed by atoms with Crippen LogP contribution in [0, 0.1) is 12.8 Å². The highest BCUT2D eigenvalue weighted by Crippen LogP contribution is 2.25. The molecule has 1 atom stereocenters. The number of fused-ring (bicyclic) bond motifs is 1. The largest absolute Gasteiger partial charge is 0.492 e. The molecular weight excluding hydrogens is 454 g/mol. The first kappa shape index (κ1) is 24.9. The number of aromatic nitrogens is 3. The van der Waals surface area contributed by atoms with Gasteiger partial charge in [-0.25, -0.2) is 0 Å². The molecule has 0 bridgehead atoms. The fraction of sp³-hybridized carbons (Fsp3) is 0.583. The highest BCUT2D eigenvalue weighted by atomic mass is 16.5. The monoisotopic (exact) mass is 487 g/mol. The Bertz CT molecular complexity index is 1210. The maximum absolute atomic E-state index is 13.4. The highest BCUT2D eigenvalue weighted by Gasteiger charge is 2.31. The van der Waals surface area contributed by atoms with Gasteiger partial charge < -0.3 is 24.8 Å². The molecule has 0 spiro atoms. The summed E-state index contributed by atoms with van der Waals surface area (Å²) in [4.78, 5) is 40.9. The Balaban J connectivity index is 1.77. The SMILES string of the molecule is COC[C@@H]1COCCN1C(=O)/C=C/c1c(C)nn2c(O)c(C(=O)NC3CC3)c(=O)n(CC(C)C)c12. The van der Waals surface area contributed by atoms with Crippen molar-refractivity contribution < 1.29 is 24.2 Å². The van der Waals surface area contributed by atoms with Crippen molar-refractivity contribution in [3.63, 3.8) is 0 Å². The Morgan fingerprint density at radius 1 is 1.34 bits per heavy atom. The number of ether oxygens (including phenoxy) is 2. The summed E-state index contributed by atoms with van der Waals surface area (Å²) in [6.07, 6.45) is 4.76. The van der Waals surface area contributed by atoms with Crippen LogP contribution in [-0.4, -0.2) is 81.6 Å². The van der Waals surface area contributed by atoms with E-state index in [1.807, 2.05) is 13.8 Å². The van der Waals surface area contributed by atoms with Gasteiger partial charge in [0.05, 0.1) is 31.6 Å². The third-order valence-electron chi connectivity index (χ3n) is 6.17. The van der Waals surface area contributed by atoms with Gasteiger partial charge in [0, 0.05) is 37.9 Å². The van der Waals surface area contributed by atoms with Crippen LogP contribution in [-0.2, 0) is 20.8 Å². The molecule has 3 heterocycles. The molecular formula is C24H33N5O6. The number of aromatic hydroxyl groups is 1. The minimum atomic E-state index is -0.605.